The topological polar surface area (TPSA) is 63.2 Å². The minimum Gasteiger partial charge on any atom is -0.329 e. The van der Waals surface area contributed by atoms with E-state index in [1.807, 2.05) is 10.9 Å². The lowest BCUT2D eigenvalue weighted by Gasteiger charge is -2.35. The molecule has 0 radical (unpaired) electrons. The van der Waals surface area contributed by atoms with Gasteiger partial charge < -0.3 is 10.6 Å². The summed E-state index contributed by atoms with van der Waals surface area (Å²) in [6, 6.07) is 0. The molecule has 1 aromatic rings. The van der Waals surface area contributed by atoms with Crippen LogP contribution in [0.25, 0.3) is 0 Å². The Hall–Kier alpha value is -0.980. The van der Waals surface area contributed by atoms with Gasteiger partial charge in [-0.05, 0) is 5.92 Å². The summed E-state index contributed by atoms with van der Waals surface area (Å²) in [6.45, 7) is 12.6. The van der Waals surface area contributed by atoms with Gasteiger partial charge in [-0.3, -0.25) is 9.58 Å². The van der Waals surface area contributed by atoms with Crippen molar-refractivity contribution in [1.82, 2.24) is 24.8 Å². The average Bonchev–Trinajstić information content (AvgIpc) is 2.79. The van der Waals surface area contributed by atoms with Crippen molar-refractivity contribution in [3.63, 3.8) is 0 Å². The van der Waals surface area contributed by atoms with Crippen LogP contribution in [0, 0.1) is 5.92 Å². The number of aromatic nitrogens is 3. The normalized spacial score (nSPS) is 18.3. The minimum atomic E-state index is 0.608. The first kappa shape index (κ1) is 14.4. The van der Waals surface area contributed by atoms with E-state index in [1.165, 1.54) is 6.54 Å². The van der Waals surface area contributed by atoms with Crippen molar-refractivity contribution in [3.05, 3.63) is 11.9 Å². The van der Waals surface area contributed by atoms with Gasteiger partial charge in [-0.15, -0.1) is 5.10 Å². The van der Waals surface area contributed by atoms with Crippen molar-refractivity contribution in [1.29, 1.82) is 0 Å². The predicted octanol–water partition coefficient (Wildman–Crippen LogP) is 0.0104. The second kappa shape index (κ2) is 6.98. The van der Waals surface area contributed by atoms with Crippen LogP contribution in [-0.2, 0) is 13.1 Å². The first-order valence-electron chi connectivity index (χ1n) is 7.21. The summed E-state index contributed by atoms with van der Waals surface area (Å²) in [5, 5.41) is 8.27. The average molecular weight is 266 g/mol. The molecule has 0 bridgehead atoms. The number of rotatable bonds is 6. The molecule has 19 heavy (non-hydrogen) atoms. The minimum absolute atomic E-state index is 0.608. The summed E-state index contributed by atoms with van der Waals surface area (Å²) in [6.07, 6.45) is 2.01. The first-order chi connectivity index (χ1) is 9.17. The summed E-state index contributed by atoms with van der Waals surface area (Å²) in [7, 11) is 0. The molecule has 0 atom stereocenters. The lowest BCUT2D eigenvalue weighted by atomic mass is 10.2. The van der Waals surface area contributed by atoms with Crippen molar-refractivity contribution >= 4 is 0 Å². The van der Waals surface area contributed by atoms with Crippen molar-refractivity contribution in [2.75, 3.05) is 39.3 Å². The van der Waals surface area contributed by atoms with E-state index in [4.69, 9.17) is 5.73 Å². The molecule has 0 aliphatic carbocycles. The van der Waals surface area contributed by atoms with E-state index in [-0.39, 0.29) is 0 Å². The van der Waals surface area contributed by atoms with Gasteiger partial charge in [-0.25, -0.2) is 0 Å². The molecular formula is C13H26N6. The van der Waals surface area contributed by atoms with E-state index in [9.17, 15) is 0 Å². The number of nitrogens with two attached hydrogens (primary N) is 1. The molecular weight excluding hydrogens is 240 g/mol. The van der Waals surface area contributed by atoms with Crippen LogP contribution in [0.1, 0.15) is 19.5 Å². The number of piperazine rings is 1. The van der Waals surface area contributed by atoms with Gasteiger partial charge in [0.1, 0.15) is 0 Å². The second-order valence-electron chi connectivity index (χ2n) is 5.73. The largest absolute Gasteiger partial charge is 0.329 e. The highest BCUT2D eigenvalue weighted by atomic mass is 15.4. The van der Waals surface area contributed by atoms with Gasteiger partial charge in [0.25, 0.3) is 0 Å². The monoisotopic (exact) mass is 266 g/mol. The number of nitrogens with zero attached hydrogens (tertiary/aromatic N) is 5. The van der Waals surface area contributed by atoms with Gasteiger partial charge >= 0.3 is 0 Å². The lowest BCUT2D eigenvalue weighted by Crippen LogP contribution is -2.46. The zero-order chi connectivity index (χ0) is 13.7. The van der Waals surface area contributed by atoms with Crippen molar-refractivity contribution < 1.29 is 0 Å². The Balaban J connectivity index is 1.75. The van der Waals surface area contributed by atoms with Gasteiger partial charge in [-0.1, -0.05) is 19.1 Å². The quantitative estimate of drug-likeness (QED) is 0.786. The summed E-state index contributed by atoms with van der Waals surface area (Å²) in [5.74, 6) is 0.753. The van der Waals surface area contributed by atoms with Gasteiger partial charge in [-0.2, -0.15) is 0 Å². The Kier molecular flexibility index (Phi) is 5.30. The van der Waals surface area contributed by atoms with Crippen LogP contribution in [0.3, 0.4) is 0 Å². The predicted molar refractivity (Wildman–Crippen MR) is 75.6 cm³/mol. The van der Waals surface area contributed by atoms with Crippen LogP contribution in [0.2, 0.25) is 0 Å². The second-order valence-corrected chi connectivity index (χ2v) is 5.73. The Morgan fingerprint density at radius 2 is 1.89 bits per heavy atom. The molecule has 0 aromatic carbocycles. The maximum Gasteiger partial charge on any atom is 0.0967 e. The molecule has 108 valence electrons. The van der Waals surface area contributed by atoms with Gasteiger partial charge in [0, 0.05) is 52.0 Å². The highest BCUT2D eigenvalue weighted by Crippen LogP contribution is 2.08. The molecule has 1 saturated heterocycles. The summed E-state index contributed by atoms with van der Waals surface area (Å²) >= 11 is 0. The fourth-order valence-electron chi connectivity index (χ4n) is 2.53. The maximum atomic E-state index is 5.50. The molecule has 0 saturated carbocycles. The fourth-order valence-corrected chi connectivity index (χ4v) is 2.53. The molecule has 6 heteroatoms. The molecule has 2 N–H and O–H groups in total. The summed E-state index contributed by atoms with van der Waals surface area (Å²) in [4.78, 5) is 5.00. The van der Waals surface area contributed by atoms with Crippen molar-refractivity contribution in [2.45, 2.75) is 26.9 Å². The van der Waals surface area contributed by atoms with Crippen LogP contribution >= 0.6 is 0 Å². The molecule has 0 amide bonds. The highest BCUT2D eigenvalue weighted by Gasteiger charge is 2.18. The Morgan fingerprint density at radius 1 is 1.21 bits per heavy atom. The third kappa shape index (κ3) is 4.56. The Bertz CT molecular complexity index is 367. The molecule has 6 nitrogen and oxygen atoms in total. The molecule has 0 unspecified atom stereocenters. The van der Waals surface area contributed by atoms with Crippen LogP contribution < -0.4 is 5.73 Å². The first-order valence-corrected chi connectivity index (χ1v) is 7.21. The van der Waals surface area contributed by atoms with Gasteiger partial charge in [0.05, 0.1) is 12.2 Å². The van der Waals surface area contributed by atoms with Crippen LogP contribution in [0.15, 0.2) is 6.20 Å². The standard InChI is InChI=1S/C13H26N6/c1-12(2)9-17-5-7-18(8-6-17)10-13-11-19(4-3-14)16-15-13/h11-12H,3-10,14H2,1-2H3. The summed E-state index contributed by atoms with van der Waals surface area (Å²) in [5.41, 5.74) is 6.55. The van der Waals surface area contributed by atoms with E-state index < -0.39 is 0 Å². The molecule has 1 fully saturated rings. The van der Waals surface area contributed by atoms with Crippen molar-refractivity contribution in [2.24, 2.45) is 11.7 Å². The lowest BCUT2D eigenvalue weighted by molar-refractivity contribution is 0.116. The van der Waals surface area contributed by atoms with E-state index in [2.05, 4.69) is 34.0 Å². The third-order valence-electron chi connectivity index (χ3n) is 3.42. The molecule has 0 spiro atoms. The molecule has 1 aliphatic heterocycles. The van der Waals surface area contributed by atoms with Crippen LogP contribution in [-0.4, -0.2) is 64.1 Å². The van der Waals surface area contributed by atoms with Crippen LogP contribution in [0.5, 0.6) is 0 Å². The smallest absolute Gasteiger partial charge is 0.0967 e. The van der Waals surface area contributed by atoms with Gasteiger partial charge in [0.2, 0.25) is 0 Å². The fraction of sp³-hybridized carbons (Fsp3) is 0.846. The zero-order valence-electron chi connectivity index (χ0n) is 12.1. The SMILES string of the molecule is CC(C)CN1CCN(Cc2cn(CCN)nn2)CC1. The van der Waals surface area contributed by atoms with Gasteiger partial charge in [0.15, 0.2) is 0 Å². The molecule has 1 aliphatic rings. The van der Waals surface area contributed by atoms with Crippen molar-refractivity contribution in [3.8, 4) is 0 Å². The molecule has 1 aromatic heterocycles. The van der Waals surface area contributed by atoms with E-state index in [0.717, 1.165) is 50.9 Å². The number of hydrogen-bond donors (Lipinski definition) is 1. The molecule has 2 rings (SSSR count). The van der Waals surface area contributed by atoms with Crippen LogP contribution in [0.4, 0.5) is 0 Å². The maximum absolute atomic E-state index is 5.50. The van der Waals surface area contributed by atoms with E-state index in [0.29, 0.717) is 6.54 Å². The van der Waals surface area contributed by atoms with E-state index in [1.54, 1.807) is 0 Å². The van der Waals surface area contributed by atoms with E-state index >= 15 is 0 Å². The third-order valence-corrected chi connectivity index (χ3v) is 3.42. The zero-order valence-corrected chi connectivity index (χ0v) is 12.1. The Labute approximate surface area is 115 Å². The molecule has 2 heterocycles. The Morgan fingerprint density at radius 3 is 2.53 bits per heavy atom. The summed E-state index contributed by atoms with van der Waals surface area (Å²) < 4.78 is 1.82. The number of hydrogen-bond acceptors (Lipinski definition) is 5. The highest BCUT2D eigenvalue weighted by molar-refractivity contribution is 4.93.